The Labute approximate surface area is 136 Å². The number of aromatic nitrogens is 1. The van der Waals surface area contributed by atoms with Gasteiger partial charge in [0.1, 0.15) is 0 Å². The molecule has 0 atom stereocenters. The average molecular weight is 337 g/mol. The Balaban J connectivity index is 1.90. The third-order valence-corrected chi connectivity index (χ3v) is 5.10. The zero-order valence-corrected chi connectivity index (χ0v) is 14.5. The third-order valence-electron chi connectivity index (χ3n) is 3.69. The van der Waals surface area contributed by atoms with Crippen LogP contribution in [0, 0.1) is 0 Å². The number of rotatable bonds is 7. The van der Waals surface area contributed by atoms with Crippen molar-refractivity contribution in [3.05, 3.63) is 36.0 Å². The first-order chi connectivity index (χ1) is 10.8. The Morgan fingerprint density at radius 2 is 2.00 bits per heavy atom. The molecule has 0 fully saturated rings. The van der Waals surface area contributed by atoms with Crippen molar-refractivity contribution in [1.29, 1.82) is 0 Å². The summed E-state index contributed by atoms with van der Waals surface area (Å²) in [5.74, 6) is -0.288. The lowest BCUT2D eigenvalue weighted by molar-refractivity contribution is -0.121. The van der Waals surface area contributed by atoms with Gasteiger partial charge in [-0.05, 0) is 31.9 Å². The van der Waals surface area contributed by atoms with Crippen molar-refractivity contribution in [3.8, 4) is 0 Å². The van der Waals surface area contributed by atoms with Crippen LogP contribution in [-0.2, 0) is 21.2 Å². The molecule has 0 saturated heterocycles. The Hall–Kier alpha value is -1.86. The second-order valence-electron chi connectivity index (χ2n) is 5.86. The van der Waals surface area contributed by atoms with E-state index in [1.807, 2.05) is 30.5 Å². The van der Waals surface area contributed by atoms with Crippen LogP contribution in [0.5, 0.6) is 0 Å². The van der Waals surface area contributed by atoms with Crippen LogP contribution in [0.1, 0.15) is 19.4 Å². The summed E-state index contributed by atoms with van der Waals surface area (Å²) in [6.07, 6.45) is 3.75. The number of benzene rings is 1. The van der Waals surface area contributed by atoms with Gasteiger partial charge in [-0.25, -0.2) is 8.42 Å². The van der Waals surface area contributed by atoms with Crippen LogP contribution >= 0.6 is 0 Å². The fraction of sp³-hybridized carbons (Fsp3) is 0.438. The number of hydrogen-bond acceptors (Lipinski definition) is 3. The van der Waals surface area contributed by atoms with Crippen molar-refractivity contribution in [2.45, 2.75) is 26.3 Å². The smallest absolute Gasteiger partial charge is 0.235 e. The molecule has 126 valence electrons. The molecule has 0 aliphatic heterocycles. The van der Waals surface area contributed by atoms with Gasteiger partial charge in [-0.3, -0.25) is 4.79 Å². The Kier molecular flexibility index (Phi) is 5.43. The van der Waals surface area contributed by atoms with Crippen LogP contribution in [0.25, 0.3) is 10.9 Å². The molecule has 0 saturated carbocycles. The van der Waals surface area contributed by atoms with E-state index in [2.05, 4.69) is 10.3 Å². The van der Waals surface area contributed by atoms with E-state index in [4.69, 9.17) is 0 Å². The van der Waals surface area contributed by atoms with Crippen LogP contribution in [-0.4, -0.2) is 49.0 Å². The molecule has 1 amide bonds. The SMILES string of the molecule is CC(C)N(CC(=O)NCCc1c[nH]c2ccccc12)S(C)(=O)=O. The van der Waals surface area contributed by atoms with Crippen molar-refractivity contribution in [2.75, 3.05) is 19.3 Å². The van der Waals surface area contributed by atoms with E-state index >= 15 is 0 Å². The number of fused-ring (bicyclic) bond motifs is 1. The fourth-order valence-corrected chi connectivity index (χ4v) is 3.67. The van der Waals surface area contributed by atoms with Crippen LogP contribution in [0.2, 0.25) is 0 Å². The number of para-hydroxylation sites is 1. The van der Waals surface area contributed by atoms with Gasteiger partial charge in [-0.2, -0.15) is 4.31 Å². The zero-order chi connectivity index (χ0) is 17.0. The number of nitrogens with one attached hydrogen (secondary N) is 2. The lowest BCUT2D eigenvalue weighted by Crippen LogP contribution is -2.44. The Bertz CT molecular complexity index is 781. The second kappa shape index (κ2) is 7.14. The molecule has 2 aromatic rings. The largest absolute Gasteiger partial charge is 0.361 e. The summed E-state index contributed by atoms with van der Waals surface area (Å²) in [6, 6.07) is 7.74. The molecule has 1 aromatic heterocycles. The highest BCUT2D eigenvalue weighted by Crippen LogP contribution is 2.17. The van der Waals surface area contributed by atoms with Crippen molar-refractivity contribution >= 4 is 26.8 Å². The summed E-state index contributed by atoms with van der Waals surface area (Å²) in [5, 5.41) is 3.92. The molecular formula is C16H23N3O3S. The molecule has 0 bridgehead atoms. The van der Waals surface area contributed by atoms with Crippen molar-refractivity contribution < 1.29 is 13.2 Å². The van der Waals surface area contributed by atoms with Crippen LogP contribution in [0.3, 0.4) is 0 Å². The monoisotopic (exact) mass is 337 g/mol. The van der Waals surface area contributed by atoms with E-state index in [-0.39, 0.29) is 18.5 Å². The number of sulfonamides is 1. The van der Waals surface area contributed by atoms with Gasteiger partial charge in [-0.1, -0.05) is 18.2 Å². The second-order valence-corrected chi connectivity index (χ2v) is 7.80. The lowest BCUT2D eigenvalue weighted by atomic mass is 10.1. The maximum Gasteiger partial charge on any atom is 0.235 e. The summed E-state index contributed by atoms with van der Waals surface area (Å²) >= 11 is 0. The standard InChI is InChI=1S/C16H23N3O3S/c1-12(2)19(23(3,21)22)11-16(20)17-9-8-13-10-18-15-7-5-4-6-14(13)15/h4-7,10,12,18H,8-9,11H2,1-3H3,(H,17,20). The minimum atomic E-state index is -3.39. The van der Waals surface area contributed by atoms with Crippen molar-refractivity contribution in [2.24, 2.45) is 0 Å². The van der Waals surface area contributed by atoms with Gasteiger partial charge in [0.15, 0.2) is 0 Å². The van der Waals surface area contributed by atoms with Crippen LogP contribution < -0.4 is 5.32 Å². The van der Waals surface area contributed by atoms with E-state index in [9.17, 15) is 13.2 Å². The molecule has 0 spiro atoms. The predicted molar refractivity (Wildman–Crippen MR) is 91.7 cm³/mol. The number of nitrogens with zero attached hydrogens (tertiary/aromatic N) is 1. The minimum Gasteiger partial charge on any atom is -0.361 e. The van der Waals surface area contributed by atoms with Gasteiger partial charge in [0.2, 0.25) is 15.9 Å². The molecule has 0 unspecified atom stereocenters. The van der Waals surface area contributed by atoms with Crippen molar-refractivity contribution in [3.63, 3.8) is 0 Å². The molecule has 23 heavy (non-hydrogen) atoms. The molecule has 2 rings (SSSR count). The molecule has 7 heteroatoms. The van der Waals surface area contributed by atoms with E-state index in [1.54, 1.807) is 13.8 Å². The number of H-pyrrole nitrogens is 1. The van der Waals surface area contributed by atoms with Gasteiger partial charge >= 0.3 is 0 Å². The maximum atomic E-state index is 12.0. The molecule has 2 N–H and O–H groups in total. The fourth-order valence-electron chi connectivity index (χ4n) is 2.56. The van der Waals surface area contributed by atoms with E-state index < -0.39 is 10.0 Å². The molecule has 0 aliphatic rings. The number of carbonyl (C=O) groups is 1. The first kappa shape index (κ1) is 17.5. The first-order valence-electron chi connectivity index (χ1n) is 7.57. The Morgan fingerprint density at radius 3 is 2.65 bits per heavy atom. The minimum absolute atomic E-state index is 0.148. The first-order valence-corrected chi connectivity index (χ1v) is 9.42. The van der Waals surface area contributed by atoms with Crippen LogP contribution in [0.15, 0.2) is 30.5 Å². The quantitative estimate of drug-likeness (QED) is 0.803. The van der Waals surface area contributed by atoms with E-state index in [1.165, 1.54) is 4.31 Å². The van der Waals surface area contributed by atoms with Gasteiger partial charge in [0.05, 0.1) is 12.8 Å². The average Bonchev–Trinajstić information content (AvgIpc) is 2.87. The topological polar surface area (TPSA) is 82.3 Å². The van der Waals surface area contributed by atoms with E-state index in [0.29, 0.717) is 13.0 Å². The molecular weight excluding hydrogens is 314 g/mol. The number of amides is 1. The highest BCUT2D eigenvalue weighted by atomic mass is 32.2. The third kappa shape index (κ3) is 4.56. The molecule has 6 nitrogen and oxygen atoms in total. The highest BCUT2D eigenvalue weighted by molar-refractivity contribution is 7.88. The highest BCUT2D eigenvalue weighted by Gasteiger charge is 2.22. The van der Waals surface area contributed by atoms with Gasteiger partial charge in [0, 0.05) is 29.7 Å². The molecule has 0 aliphatic carbocycles. The van der Waals surface area contributed by atoms with E-state index in [0.717, 1.165) is 22.7 Å². The maximum absolute atomic E-state index is 12.0. The van der Waals surface area contributed by atoms with Gasteiger partial charge in [0.25, 0.3) is 0 Å². The van der Waals surface area contributed by atoms with Crippen molar-refractivity contribution in [1.82, 2.24) is 14.6 Å². The molecule has 1 heterocycles. The lowest BCUT2D eigenvalue weighted by Gasteiger charge is -2.23. The zero-order valence-electron chi connectivity index (χ0n) is 13.7. The van der Waals surface area contributed by atoms with Crippen LogP contribution in [0.4, 0.5) is 0 Å². The number of carbonyl (C=O) groups excluding carboxylic acids is 1. The Morgan fingerprint density at radius 1 is 1.30 bits per heavy atom. The summed E-state index contributed by atoms with van der Waals surface area (Å²) in [7, 11) is -3.39. The summed E-state index contributed by atoms with van der Waals surface area (Å²) in [4.78, 5) is 15.2. The summed E-state index contributed by atoms with van der Waals surface area (Å²) in [5.41, 5.74) is 2.20. The normalized spacial score (nSPS) is 12.2. The summed E-state index contributed by atoms with van der Waals surface area (Å²) in [6.45, 7) is 3.82. The summed E-state index contributed by atoms with van der Waals surface area (Å²) < 4.78 is 24.5. The number of hydrogen-bond donors (Lipinski definition) is 2. The van der Waals surface area contributed by atoms with Gasteiger partial charge < -0.3 is 10.3 Å². The number of aromatic amines is 1. The predicted octanol–water partition coefficient (Wildman–Crippen LogP) is 1.50. The molecule has 0 radical (unpaired) electrons. The van der Waals surface area contributed by atoms with Gasteiger partial charge in [-0.15, -0.1) is 0 Å². The molecule has 1 aromatic carbocycles.